The van der Waals surface area contributed by atoms with Crippen LogP contribution in [0.2, 0.25) is 0 Å². The number of amides is 2. The number of anilines is 1. The van der Waals surface area contributed by atoms with Crippen LogP contribution < -0.4 is 5.32 Å². The minimum absolute atomic E-state index is 0.181. The van der Waals surface area contributed by atoms with E-state index in [9.17, 15) is 14.0 Å². The molecule has 2 aromatic carbocycles. The Morgan fingerprint density at radius 2 is 1.96 bits per heavy atom. The highest BCUT2D eigenvalue weighted by molar-refractivity contribution is 5.98. The normalized spacial score (nSPS) is 17.4. The van der Waals surface area contributed by atoms with E-state index in [1.54, 1.807) is 48.3 Å². The Morgan fingerprint density at radius 1 is 1.22 bits per heavy atom. The van der Waals surface area contributed by atoms with E-state index in [-0.39, 0.29) is 23.7 Å². The molecule has 27 heavy (non-hydrogen) atoms. The number of carbonyl (C=O) groups is 2. The summed E-state index contributed by atoms with van der Waals surface area (Å²) in [6.07, 6.45) is 1.16. The summed E-state index contributed by atoms with van der Waals surface area (Å²) in [5.74, 6) is -0.681. The molecule has 1 aliphatic rings. The second-order valence-electron chi connectivity index (χ2n) is 6.72. The van der Waals surface area contributed by atoms with Gasteiger partial charge in [0.2, 0.25) is 0 Å². The third-order valence-electron chi connectivity index (χ3n) is 4.85. The lowest BCUT2D eigenvalue weighted by atomic mass is 10.1. The largest absolute Gasteiger partial charge is 0.368 e. The lowest BCUT2D eigenvalue weighted by molar-refractivity contribution is -0.124. The molecule has 1 N–H and O–H groups in total. The number of rotatable bonds is 5. The van der Waals surface area contributed by atoms with Crippen LogP contribution in [0.4, 0.5) is 10.1 Å². The van der Waals surface area contributed by atoms with Gasteiger partial charge in [-0.15, -0.1) is 0 Å². The minimum Gasteiger partial charge on any atom is -0.368 e. The van der Waals surface area contributed by atoms with Crippen LogP contribution in [0, 0.1) is 5.82 Å². The SMILES string of the molecule is C[C@H](c1ccc(F)cc1)N(C)C(=O)c1cccc(NC(=O)[C@@H]2CCCO2)c1. The summed E-state index contributed by atoms with van der Waals surface area (Å²) in [4.78, 5) is 26.6. The van der Waals surface area contributed by atoms with Gasteiger partial charge in [0.1, 0.15) is 11.9 Å². The Kier molecular flexibility index (Phi) is 5.86. The van der Waals surface area contributed by atoms with Crippen molar-refractivity contribution < 1.29 is 18.7 Å². The Morgan fingerprint density at radius 3 is 2.63 bits per heavy atom. The van der Waals surface area contributed by atoms with Gasteiger partial charge in [-0.2, -0.15) is 0 Å². The summed E-state index contributed by atoms with van der Waals surface area (Å²) < 4.78 is 18.5. The molecular formula is C21H23FN2O3. The molecule has 0 aliphatic carbocycles. The summed E-state index contributed by atoms with van der Waals surface area (Å²) in [7, 11) is 1.70. The van der Waals surface area contributed by atoms with E-state index >= 15 is 0 Å². The number of hydrogen-bond donors (Lipinski definition) is 1. The fourth-order valence-corrected chi connectivity index (χ4v) is 3.08. The van der Waals surface area contributed by atoms with Crippen molar-refractivity contribution in [3.8, 4) is 0 Å². The Hall–Kier alpha value is -2.73. The molecule has 3 rings (SSSR count). The Labute approximate surface area is 158 Å². The molecule has 1 heterocycles. The van der Waals surface area contributed by atoms with E-state index in [2.05, 4.69) is 5.32 Å². The van der Waals surface area contributed by atoms with Crippen LogP contribution in [0.3, 0.4) is 0 Å². The maximum atomic E-state index is 13.1. The standard InChI is InChI=1S/C21H23FN2O3/c1-14(15-8-10-17(22)11-9-15)24(2)21(26)16-5-3-6-18(13-16)23-20(25)19-7-4-12-27-19/h3,5-6,8-11,13-14,19H,4,7,12H2,1-2H3,(H,23,25)/t14-,19+/m1/s1. The third kappa shape index (κ3) is 4.52. The molecule has 0 unspecified atom stereocenters. The topological polar surface area (TPSA) is 58.6 Å². The van der Waals surface area contributed by atoms with Crippen LogP contribution in [0.25, 0.3) is 0 Å². The second kappa shape index (κ2) is 8.31. The first-order valence-corrected chi connectivity index (χ1v) is 9.01. The molecule has 2 atom stereocenters. The van der Waals surface area contributed by atoms with Gasteiger partial charge in [-0.05, 0) is 55.7 Å². The number of carbonyl (C=O) groups excluding carboxylic acids is 2. The van der Waals surface area contributed by atoms with Gasteiger partial charge in [-0.1, -0.05) is 18.2 Å². The molecule has 6 heteroatoms. The van der Waals surface area contributed by atoms with E-state index in [1.807, 2.05) is 6.92 Å². The first kappa shape index (κ1) is 19.0. The summed E-state index contributed by atoms with van der Waals surface area (Å²) in [5.41, 5.74) is 1.87. The smallest absolute Gasteiger partial charge is 0.254 e. The fourth-order valence-electron chi connectivity index (χ4n) is 3.08. The summed E-state index contributed by atoms with van der Waals surface area (Å²) in [6, 6.07) is 12.7. The lowest BCUT2D eigenvalue weighted by Gasteiger charge is -2.25. The summed E-state index contributed by atoms with van der Waals surface area (Å²) in [5, 5.41) is 2.81. The predicted molar refractivity (Wildman–Crippen MR) is 101 cm³/mol. The first-order chi connectivity index (χ1) is 13.0. The minimum atomic E-state index is -0.425. The molecule has 5 nitrogen and oxygen atoms in total. The Balaban J connectivity index is 1.70. The van der Waals surface area contributed by atoms with Gasteiger partial charge in [0.25, 0.3) is 11.8 Å². The zero-order valence-corrected chi connectivity index (χ0v) is 15.4. The van der Waals surface area contributed by atoms with Crippen LogP contribution in [0.15, 0.2) is 48.5 Å². The average Bonchev–Trinajstić information content (AvgIpc) is 3.22. The molecule has 0 saturated carbocycles. The van der Waals surface area contributed by atoms with Crippen molar-refractivity contribution in [2.24, 2.45) is 0 Å². The molecule has 1 fully saturated rings. The monoisotopic (exact) mass is 370 g/mol. The molecule has 0 radical (unpaired) electrons. The van der Waals surface area contributed by atoms with Crippen molar-refractivity contribution in [2.45, 2.75) is 31.9 Å². The molecule has 0 spiro atoms. The zero-order chi connectivity index (χ0) is 19.4. The third-order valence-corrected chi connectivity index (χ3v) is 4.85. The van der Waals surface area contributed by atoms with Crippen LogP contribution >= 0.6 is 0 Å². The van der Waals surface area contributed by atoms with E-state index < -0.39 is 6.10 Å². The Bertz CT molecular complexity index is 816. The molecular weight excluding hydrogens is 347 g/mol. The highest BCUT2D eigenvalue weighted by Crippen LogP contribution is 2.22. The highest BCUT2D eigenvalue weighted by atomic mass is 19.1. The van der Waals surface area contributed by atoms with Gasteiger partial charge in [0.15, 0.2) is 0 Å². The predicted octanol–water partition coefficient (Wildman–Crippen LogP) is 3.78. The number of halogens is 1. The van der Waals surface area contributed by atoms with E-state index in [0.717, 1.165) is 12.0 Å². The number of benzene rings is 2. The maximum absolute atomic E-state index is 13.1. The van der Waals surface area contributed by atoms with Crippen molar-refractivity contribution in [1.29, 1.82) is 0 Å². The van der Waals surface area contributed by atoms with E-state index in [1.165, 1.54) is 12.1 Å². The van der Waals surface area contributed by atoms with Crippen molar-refractivity contribution in [1.82, 2.24) is 4.90 Å². The molecule has 0 aromatic heterocycles. The first-order valence-electron chi connectivity index (χ1n) is 9.01. The van der Waals surface area contributed by atoms with Crippen molar-refractivity contribution in [3.05, 3.63) is 65.5 Å². The van der Waals surface area contributed by atoms with Crippen molar-refractivity contribution in [2.75, 3.05) is 19.0 Å². The van der Waals surface area contributed by atoms with Gasteiger partial charge in [-0.3, -0.25) is 9.59 Å². The number of nitrogens with one attached hydrogen (secondary N) is 1. The van der Waals surface area contributed by atoms with Crippen LogP contribution in [-0.4, -0.2) is 36.5 Å². The summed E-state index contributed by atoms with van der Waals surface area (Å²) >= 11 is 0. The van der Waals surface area contributed by atoms with Gasteiger partial charge in [0.05, 0.1) is 6.04 Å². The van der Waals surface area contributed by atoms with Crippen molar-refractivity contribution in [3.63, 3.8) is 0 Å². The molecule has 2 aromatic rings. The quantitative estimate of drug-likeness (QED) is 0.871. The van der Waals surface area contributed by atoms with Crippen LogP contribution in [0.5, 0.6) is 0 Å². The fraction of sp³-hybridized carbons (Fsp3) is 0.333. The van der Waals surface area contributed by atoms with Crippen LogP contribution in [-0.2, 0) is 9.53 Å². The average molecular weight is 370 g/mol. The lowest BCUT2D eigenvalue weighted by Crippen LogP contribution is -2.30. The highest BCUT2D eigenvalue weighted by Gasteiger charge is 2.24. The molecule has 1 saturated heterocycles. The molecule has 2 amide bonds. The van der Waals surface area contributed by atoms with Crippen LogP contribution in [0.1, 0.15) is 41.7 Å². The number of hydrogen-bond acceptors (Lipinski definition) is 3. The molecule has 142 valence electrons. The van der Waals surface area contributed by atoms with E-state index in [0.29, 0.717) is 24.3 Å². The maximum Gasteiger partial charge on any atom is 0.254 e. The van der Waals surface area contributed by atoms with Gasteiger partial charge < -0.3 is 15.0 Å². The number of nitrogens with zero attached hydrogens (tertiary/aromatic N) is 1. The second-order valence-corrected chi connectivity index (χ2v) is 6.72. The molecule has 0 bridgehead atoms. The van der Waals surface area contributed by atoms with Gasteiger partial charge >= 0.3 is 0 Å². The van der Waals surface area contributed by atoms with Crippen molar-refractivity contribution >= 4 is 17.5 Å². The molecule has 1 aliphatic heterocycles. The number of ether oxygens (including phenoxy) is 1. The van der Waals surface area contributed by atoms with E-state index in [4.69, 9.17) is 4.74 Å². The van der Waals surface area contributed by atoms with Gasteiger partial charge in [0, 0.05) is 24.9 Å². The zero-order valence-electron chi connectivity index (χ0n) is 15.4. The van der Waals surface area contributed by atoms with Gasteiger partial charge in [-0.25, -0.2) is 4.39 Å². The summed E-state index contributed by atoms with van der Waals surface area (Å²) in [6.45, 7) is 2.48.